The molecule has 0 aliphatic carbocycles. The molecule has 0 spiro atoms. The lowest BCUT2D eigenvalue weighted by Crippen LogP contribution is -2.39. The third kappa shape index (κ3) is 4.45. The van der Waals surface area contributed by atoms with Gasteiger partial charge in [0.15, 0.2) is 0 Å². The molecule has 2 aromatic carbocycles. The summed E-state index contributed by atoms with van der Waals surface area (Å²) >= 11 is 0. The molecule has 0 saturated carbocycles. The summed E-state index contributed by atoms with van der Waals surface area (Å²) in [7, 11) is 0. The number of nitrogens with one attached hydrogen (secondary N) is 1. The number of benzene rings is 2. The fraction of sp³-hybridized carbons (Fsp3) is 0.222. The zero-order chi connectivity index (χ0) is 15.9. The molecule has 0 unspecified atom stereocenters. The summed E-state index contributed by atoms with van der Waals surface area (Å²) < 4.78 is 0. The maximum atomic E-state index is 12.1. The van der Waals surface area contributed by atoms with E-state index in [1.54, 1.807) is 0 Å². The molecule has 4 nitrogen and oxygen atoms in total. The van der Waals surface area contributed by atoms with Crippen LogP contribution in [0.2, 0.25) is 0 Å². The van der Waals surface area contributed by atoms with Crippen LogP contribution < -0.4 is 10.2 Å². The van der Waals surface area contributed by atoms with Crippen molar-refractivity contribution in [3.05, 3.63) is 65.7 Å². The van der Waals surface area contributed by atoms with Gasteiger partial charge >= 0.3 is 0 Å². The van der Waals surface area contributed by atoms with Crippen molar-refractivity contribution in [1.29, 1.82) is 0 Å². The molecular formula is C18H20N2O2. The normalized spacial score (nSPS) is 10.1. The van der Waals surface area contributed by atoms with Gasteiger partial charge in [-0.2, -0.15) is 0 Å². The van der Waals surface area contributed by atoms with Crippen LogP contribution in [-0.2, 0) is 16.1 Å². The van der Waals surface area contributed by atoms with Crippen LogP contribution >= 0.6 is 0 Å². The molecule has 0 fully saturated rings. The Kier molecular flexibility index (Phi) is 5.31. The molecule has 2 aromatic rings. The summed E-state index contributed by atoms with van der Waals surface area (Å²) in [6.07, 6.45) is 0. The molecule has 0 aromatic heterocycles. The number of carbonyl (C=O) groups is 2. The Morgan fingerprint density at radius 1 is 1.00 bits per heavy atom. The van der Waals surface area contributed by atoms with Crippen LogP contribution in [0.4, 0.5) is 5.69 Å². The highest BCUT2D eigenvalue weighted by Gasteiger charge is 2.15. The van der Waals surface area contributed by atoms with Crippen molar-refractivity contribution in [1.82, 2.24) is 5.32 Å². The van der Waals surface area contributed by atoms with E-state index >= 15 is 0 Å². The predicted octanol–water partition coefficient (Wildman–Crippen LogP) is 2.66. The van der Waals surface area contributed by atoms with E-state index in [1.165, 1.54) is 11.8 Å². The highest BCUT2D eigenvalue weighted by molar-refractivity contribution is 5.97. The maximum Gasteiger partial charge on any atom is 0.240 e. The number of aryl methyl sites for hydroxylation is 1. The van der Waals surface area contributed by atoms with Gasteiger partial charge in [0.25, 0.3) is 0 Å². The molecule has 114 valence electrons. The summed E-state index contributed by atoms with van der Waals surface area (Å²) in [6, 6.07) is 17.2. The zero-order valence-electron chi connectivity index (χ0n) is 12.9. The second-order valence-electron chi connectivity index (χ2n) is 5.20. The SMILES string of the molecule is CC(=O)N(CC(=O)NCc1ccccc1)c1ccc(C)cc1. The summed E-state index contributed by atoms with van der Waals surface area (Å²) in [4.78, 5) is 25.3. The van der Waals surface area contributed by atoms with Crippen LogP contribution in [0.5, 0.6) is 0 Å². The Bertz CT molecular complexity index is 636. The third-order valence-electron chi connectivity index (χ3n) is 3.36. The summed E-state index contributed by atoms with van der Waals surface area (Å²) in [6.45, 7) is 3.92. The first-order chi connectivity index (χ1) is 10.6. The van der Waals surface area contributed by atoms with E-state index < -0.39 is 0 Å². The van der Waals surface area contributed by atoms with E-state index in [0.29, 0.717) is 6.54 Å². The predicted molar refractivity (Wildman–Crippen MR) is 87.5 cm³/mol. The van der Waals surface area contributed by atoms with Crippen LogP contribution in [-0.4, -0.2) is 18.4 Å². The minimum absolute atomic E-state index is 0.0191. The highest BCUT2D eigenvalue weighted by atomic mass is 16.2. The molecule has 0 aliphatic rings. The molecule has 0 bridgehead atoms. The first-order valence-electron chi connectivity index (χ1n) is 7.21. The maximum absolute atomic E-state index is 12.1. The van der Waals surface area contributed by atoms with Gasteiger partial charge in [-0.1, -0.05) is 48.0 Å². The molecule has 2 amide bonds. The quantitative estimate of drug-likeness (QED) is 0.922. The topological polar surface area (TPSA) is 49.4 Å². The minimum Gasteiger partial charge on any atom is -0.350 e. The average molecular weight is 296 g/mol. The third-order valence-corrected chi connectivity index (χ3v) is 3.36. The Labute approximate surface area is 130 Å². The number of amides is 2. The molecule has 0 radical (unpaired) electrons. The van der Waals surface area contributed by atoms with Crippen molar-refractivity contribution in [2.24, 2.45) is 0 Å². The van der Waals surface area contributed by atoms with E-state index in [9.17, 15) is 9.59 Å². The van der Waals surface area contributed by atoms with Gasteiger partial charge in [0.1, 0.15) is 6.54 Å². The van der Waals surface area contributed by atoms with Crippen molar-refractivity contribution in [2.45, 2.75) is 20.4 Å². The molecule has 0 atom stereocenters. The molecule has 0 aliphatic heterocycles. The van der Waals surface area contributed by atoms with Crippen molar-refractivity contribution >= 4 is 17.5 Å². The largest absolute Gasteiger partial charge is 0.350 e. The fourth-order valence-electron chi connectivity index (χ4n) is 2.11. The molecule has 22 heavy (non-hydrogen) atoms. The van der Waals surface area contributed by atoms with Crippen molar-refractivity contribution < 1.29 is 9.59 Å². The number of anilines is 1. The van der Waals surface area contributed by atoms with Gasteiger partial charge in [-0.25, -0.2) is 0 Å². The van der Waals surface area contributed by atoms with Gasteiger partial charge < -0.3 is 10.2 Å². The van der Waals surface area contributed by atoms with Gasteiger partial charge in [-0.05, 0) is 24.6 Å². The summed E-state index contributed by atoms with van der Waals surface area (Å²) in [5.74, 6) is -0.335. The lowest BCUT2D eigenvalue weighted by atomic mass is 10.2. The first-order valence-corrected chi connectivity index (χ1v) is 7.21. The van der Waals surface area contributed by atoms with E-state index in [2.05, 4.69) is 5.32 Å². The molecular weight excluding hydrogens is 276 g/mol. The van der Waals surface area contributed by atoms with Crippen LogP contribution in [0.3, 0.4) is 0 Å². The first kappa shape index (κ1) is 15.8. The van der Waals surface area contributed by atoms with E-state index in [1.807, 2.05) is 61.5 Å². The van der Waals surface area contributed by atoms with Crippen molar-refractivity contribution in [3.63, 3.8) is 0 Å². The highest BCUT2D eigenvalue weighted by Crippen LogP contribution is 2.15. The van der Waals surface area contributed by atoms with Gasteiger partial charge in [0.2, 0.25) is 11.8 Å². The average Bonchev–Trinajstić information content (AvgIpc) is 2.52. The lowest BCUT2D eigenvalue weighted by molar-refractivity contribution is -0.123. The number of nitrogens with zero attached hydrogens (tertiary/aromatic N) is 1. The number of hydrogen-bond acceptors (Lipinski definition) is 2. The van der Waals surface area contributed by atoms with Crippen LogP contribution in [0.25, 0.3) is 0 Å². The monoisotopic (exact) mass is 296 g/mol. The minimum atomic E-state index is -0.181. The Morgan fingerprint density at radius 2 is 1.64 bits per heavy atom. The van der Waals surface area contributed by atoms with Crippen LogP contribution in [0, 0.1) is 6.92 Å². The number of hydrogen-bond donors (Lipinski definition) is 1. The molecule has 0 heterocycles. The smallest absolute Gasteiger partial charge is 0.240 e. The van der Waals surface area contributed by atoms with Gasteiger partial charge in [-0.15, -0.1) is 0 Å². The molecule has 1 N–H and O–H groups in total. The number of rotatable bonds is 5. The van der Waals surface area contributed by atoms with Gasteiger partial charge in [0.05, 0.1) is 0 Å². The standard InChI is InChI=1S/C18H20N2O2/c1-14-8-10-17(11-9-14)20(15(2)21)13-18(22)19-12-16-6-4-3-5-7-16/h3-11H,12-13H2,1-2H3,(H,19,22). The molecule has 4 heteroatoms. The Balaban J connectivity index is 1.97. The van der Waals surface area contributed by atoms with Crippen molar-refractivity contribution in [2.75, 3.05) is 11.4 Å². The second kappa shape index (κ2) is 7.41. The molecule has 0 saturated heterocycles. The Morgan fingerprint density at radius 3 is 2.23 bits per heavy atom. The summed E-state index contributed by atoms with van der Waals surface area (Å²) in [5.41, 5.74) is 2.87. The fourth-order valence-corrected chi connectivity index (χ4v) is 2.11. The Hall–Kier alpha value is -2.62. The second-order valence-corrected chi connectivity index (χ2v) is 5.20. The lowest BCUT2D eigenvalue weighted by Gasteiger charge is -2.21. The van der Waals surface area contributed by atoms with Crippen LogP contribution in [0.1, 0.15) is 18.1 Å². The van der Waals surface area contributed by atoms with Crippen LogP contribution in [0.15, 0.2) is 54.6 Å². The van der Waals surface area contributed by atoms with E-state index in [0.717, 1.165) is 16.8 Å². The zero-order valence-corrected chi connectivity index (χ0v) is 12.9. The van der Waals surface area contributed by atoms with Gasteiger partial charge in [0, 0.05) is 19.2 Å². The van der Waals surface area contributed by atoms with E-state index in [-0.39, 0.29) is 18.4 Å². The van der Waals surface area contributed by atoms with Crippen molar-refractivity contribution in [3.8, 4) is 0 Å². The molecule has 2 rings (SSSR count). The summed E-state index contributed by atoms with van der Waals surface area (Å²) in [5, 5.41) is 2.83. The van der Waals surface area contributed by atoms with E-state index in [4.69, 9.17) is 0 Å². The number of carbonyl (C=O) groups excluding carboxylic acids is 2. The van der Waals surface area contributed by atoms with Gasteiger partial charge in [-0.3, -0.25) is 9.59 Å².